The SMILES string of the molecule is Cc1nn(C(C)C(F)(F)F)cc1COS(C)(=O)=O. The van der Waals surface area contributed by atoms with Gasteiger partial charge in [0.05, 0.1) is 18.6 Å². The van der Waals surface area contributed by atoms with Crippen LogP contribution in [0.15, 0.2) is 6.20 Å². The van der Waals surface area contributed by atoms with Crippen LogP contribution in [0, 0.1) is 6.92 Å². The number of hydrogen-bond donors (Lipinski definition) is 0. The van der Waals surface area contributed by atoms with Crippen molar-refractivity contribution < 1.29 is 25.8 Å². The summed E-state index contributed by atoms with van der Waals surface area (Å²) in [6.45, 7) is 2.13. The maximum atomic E-state index is 12.5. The molecule has 1 aromatic rings. The molecule has 1 aromatic heterocycles. The second-order valence-corrected chi connectivity index (χ2v) is 5.55. The molecule has 0 aliphatic carbocycles. The highest BCUT2D eigenvalue weighted by Crippen LogP contribution is 2.30. The molecular formula is C9H13F3N2O3S. The first kappa shape index (κ1) is 15.0. The largest absolute Gasteiger partial charge is 0.410 e. The fourth-order valence-corrected chi connectivity index (χ4v) is 1.52. The van der Waals surface area contributed by atoms with Crippen molar-refractivity contribution in [2.45, 2.75) is 32.7 Å². The van der Waals surface area contributed by atoms with E-state index < -0.39 is 22.3 Å². The smallest absolute Gasteiger partial charge is 0.265 e. The van der Waals surface area contributed by atoms with Gasteiger partial charge in [0.25, 0.3) is 10.1 Å². The predicted octanol–water partition coefficient (Wildman–Crippen LogP) is 1.79. The van der Waals surface area contributed by atoms with Crippen LogP contribution in [-0.2, 0) is 20.9 Å². The molecule has 0 saturated heterocycles. The van der Waals surface area contributed by atoms with E-state index in [9.17, 15) is 21.6 Å². The van der Waals surface area contributed by atoms with Gasteiger partial charge < -0.3 is 0 Å². The Kier molecular flexibility index (Phi) is 4.06. The Labute approximate surface area is 103 Å². The summed E-state index contributed by atoms with van der Waals surface area (Å²) >= 11 is 0. The number of aromatic nitrogens is 2. The molecule has 1 atom stereocenters. The van der Waals surface area contributed by atoms with Crippen LogP contribution in [0.25, 0.3) is 0 Å². The van der Waals surface area contributed by atoms with Crippen molar-refractivity contribution in [3.8, 4) is 0 Å². The van der Waals surface area contributed by atoms with Crippen LogP contribution in [0.5, 0.6) is 0 Å². The first-order valence-corrected chi connectivity index (χ1v) is 6.78. The number of nitrogens with zero attached hydrogens (tertiary/aromatic N) is 2. The molecule has 0 bridgehead atoms. The third kappa shape index (κ3) is 3.98. The lowest BCUT2D eigenvalue weighted by Crippen LogP contribution is -2.24. The van der Waals surface area contributed by atoms with E-state index in [0.29, 0.717) is 11.3 Å². The zero-order chi connectivity index (χ0) is 14.1. The molecule has 0 radical (unpaired) electrons. The van der Waals surface area contributed by atoms with Crippen molar-refractivity contribution in [3.05, 3.63) is 17.5 Å². The molecule has 1 rings (SSSR count). The number of hydrogen-bond acceptors (Lipinski definition) is 4. The van der Waals surface area contributed by atoms with Crippen LogP contribution >= 0.6 is 0 Å². The maximum absolute atomic E-state index is 12.5. The third-order valence-corrected chi connectivity index (χ3v) is 2.86. The Hall–Kier alpha value is -1.09. The molecule has 0 amide bonds. The first-order chi connectivity index (χ1) is 8.00. The van der Waals surface area contributed by atoms with Gasteiger partial charge in [0.2, 0.25) is 0 Å². The number of rotatable bonds is 4. The number of aryl methyl sites for hydroxylation is 1. The molecule has 0 saturated carbocycles. The van der Waals surface area contributed by atoms with E-state index >= 15 is 0 Å². The van der Waals surface area contributed by atoms with Crippen LogP contribution < -0.4 is 0 Å². The highest BCUT2D eigenvalue weighted by Gasteiger charge is 2.38. The summed E-state index contributed by atoms with van der Waals surface area (Å²) in [5, 5.41) is 3.70. The molecular weight excluding hydrogens is 273 g/mol. The average Bonchev–Trinajstić information content (AvgIpc) is 2.53. The third-order valence-electron chi connectivity index (χ3n) is 2.32. The quantitative estimate of drug-likeness (QED) is 0.792. The number of halogens is 3. The van der Waals surface area contributed by atoms with Gasteiger partial charge in [-0.25, -0.2) is 0 Å². The van der Waals surface area contributed by atoms with E-state index in [1.54, 1.807) is 0 Å². The van der Waals surface area contributed by atoms with E-state index in [1.165, 1.54) is 6.92 Å². The highest BCUT2D eigenvalue weighted by molar-refractivity contribution is 7.85. The highest BCUT2D eigenvalue weighted by atomic mass is 32.2. The maximum Gasteiger partial charge on any atom is 0.410 e. The van der Waals surface area contributed by atoms with Crippen molar-refractivity contribution >= 4 is 10.1 Å². The van der Waals surface area contributed by atoms with E-state index in [2.05, 4.69) is 9.28 Å². The van der Waals surface area contributed by atoms with Crippen molar-refractivity contribution in [1.82, 2.24) is 9.78 Å². The van der Waals surface area contributed by atoms with Crippen LogP contribution in [0.3, 0.4) is 0 Å². The summed E-state index contributed by atoms with van der Waals surface area (Å²) < 4.78 is 64.2. The summed E-state index contributed by atoms with van der Waals surface area (Å²) in [6.07, 6.45) is -2.41. The molecule has 0 fully saturated rings. The van der Waals surface area contributed by atoms with Gasteiger partial charge in [0, 0.05) is 11.8 Å². The second-order valence-electron chi connectivity index (χ2n) is 3.90. The topological polar surface area (TPSA) is 61.2 Å². The van der Waals surface area contributed by atoms with Gasteiger partial charge in [-0.05, 0) is 13.8 Å². The normalized spacial score (nSPS) is 14.8. The summed E-state index contributed by atoms with van der Waals surface area (Å²) in [5.74, 6) is 0. The van der Waals surface area contributed by atoms with Crippen molar-refractivity contribution in [2.24, 2.45) is 0 Å². The molecule has 5 nitrogen and oxygen atoms in total. The summed E-state index contributed by atoms with van der Waals surface area (Å²) in [4.78, 5) is 0. The standard InChI is InChI=1S/C9H13F3N2O3S/c1-6-8(5-17-18(3,15)16)4-14(13-6)7(2)9(10,11)12/h4,7H,5H2,1-3H3. The lowest BCUT2D eigenvalue weighted by molar-refractivity contribution is -0.165. The Morgan fingerprint density at radius 3 is 2.50 bits per heavy atom. The molecule has 1 heterocycles. The predicted molar refractivity (Wildman–Crippen MR) is 57.4 cm³/mol. The van der Waals surface area contributed by atoms with Crippen LogP contribution in [0.4, 0.5) is 13.2 Å². The van der Waals surface area contributed by atoms with E-state index in [4.69, 9.17) is 0 Å². The van der Waals surface area contributed by atoms with Gasteiger partial charge in [-0.2, -0.15) is 26.7 Å². The molecule has 0 aromatic carbocycles. The van der Waals surface area contributed by atoms with Crippen LogP contribution in [0.1, 0.15) is 24.2 Å². The van der Waals surface area contributed by atoms with Gasteiger partial charge in [-0.15, -0.1) is 0 Å². The lowest BCUT2D eigenvalue weighted by atomic mass is 10.3. The molecule has 18 heavy (non-hydrogen) atoms. The minimum Gasteiger partial charge on any atom is -0.265 e. The van der Waals surface area contributed by atoms with Crippen molar-refractivity contribution in [1.29, 1.82) is 0 Å². The summed E-state index contributed by atoms with van der Waals surface area (Å²) in [7, 11) is -3.64. The zero-order valence-electron chi connectivity index (χ0n) is 10.0. The Morgan fingerprint density at radius 2 is 2.06 bits per heavy atom. The summed E-state index contributed by atoms with van der Waals surface area (Å²) in [5.41, 5.74) is 0.603. The first-order valence-electron chi connectivity index (χ1n) is 4.96. The van der Waals surface area contributed by atoms with Crippen molar-refractivity contribution in [3.63, 3.8) is 0 Å². The van der Waals surface area contributed by atoms with Gasteiger partial charge in [-0.1, -0.05) is 0 Å². The van der Waals surface area contributed by atoms with Gasteiger partial charge in [0.15, 0.2) is 0 Å². The fourth-order valence-electron chi connectivity index (χ4n) is 1.18. The van der Waals surface area contributed by atoms with Crippen LogP contribution in [-0.4, -0.2) is 30.6 Å². The van der Waals surface area contributed by atoms with Crippen LogP contribution in [0.2, 0.25) is 0 Å². The van der Waals surface area contributed by atoms with Gasteiger partial charge in [-0.3, -0.25) is 8.86 Å². The van der Waals surface area contributed by atoms with Gasteiger partial charge >= 0.3 is 6.18 Å². The molecule has 104 valence electrons. The van der Waals surface area contributed by atoms with Gasteiger partial charge in [0.1, 0.15) is 6.04 Å². The lowest BCUT2D eigenvalue weighted by Gasteiger charge is -2.15. The van der Waals surface area contributed by atoms with E-state index in [-0.39, 0.29) is 6.61 Å². The Balaban J connectivity index is 2.89. The molecule has 0 aliphatic rings. The molecule has 1 unspecified atom stereocenters. The minimum atomic E-state index is -4.41. The summed E-state index contributed by atoms with van der Waals surface area (Å²) in [6, 6.07) is -1.77. The molecule has 9 heteroatoms. The number of alkyl halides is 3. The van der Waals surface area contributed by atoms with Crippen molar-refractivity contribution in [2.75, 3.05) is 6.26 Å². The molecule has 0 aliphatic heterocycles. The van der Waals surface area contributed by atoms with E-state index in [0.717, 1.165) is 24.1 Å². The average molecular weight is 286 g/mol. The molecule has 0 N–H and O–H groups in total. The zero-order valence-corrected chi connectivity index (χ0v) is 10.8. The minimum absolute atomic E-state index is 0.301. The Morgan fingerprint density at radius 1 is 1.50 bits per heavy atom. The second kappa shape index (κ2) is 4.88. The Bertz CT molecular complexity index is 522. The molecule has 0 spiro atoms. The monoisotopic (exact) mass is 286 g/mol. The van der Waals surface area contributed by atoms with E-state index in [1.807, 2.05) is 0 Å². The fraction of sp³-hybridized carbons (Fsp3) is 0.667.